The van der Waals surface area contributed by atoms with Gasteiger partial charge in [0.25, 0.3) is 0 Å². The van der Waals surface area contributed by atoms with Crippen molar-refractivity contribution in [2.24, 2.45) is 0 Å². The van der Waals surface area contributed by atoms with E-state index in [9.17, 15) is 0 Å². The van der Waals surface area contributed by atoms with Crippen LogP contribution in [0.5, 0.6) is 17.2 Å². The summed E-state index contributed by atoms with van der Waals surface area (Å²) in [6, 6.07) is 14.0. The second-order valence-electron chi connectivity index (χ2n) is 4.80. The van der Waals surface area contributed by atoms with Gasteiger partial charge in [0.05, 0.1) is 26.8 Å². The minimum atomic E-state index is 0.574. The number of hydrogen-bond acceptors (Lipinski definition) is 4. The fourth-order valence-electron chi connectivity index (χ4n) is 2.53. The lowest BCUT2D eigenvalue weighted by molar-refractivity contribution is 0.327. The Kier molecular flexibility index (Phi) is 3.83. The molecule has 0 aliphatic rings. The Morgan fingerprint density at radius 3 is 2.14 bits per heavy atom. The average Bonchev–Trinajstić information content (AvgIpc) is 2.60. The predicted octanol–water partition coefficient (Wildman–Crippen LogP) is 3.93. The third-order valence-corrected chi connectivity index (χ3v) is 3.60. The van der Waals surface area contributed by atoms with Crippen LogP contribution in [0.25, 0.3) is 22.0 Å². The lowest BCUT2D eigenvalue weighted by atomic mass is 10.0. The van der Waals surface area contributed by atoms with Crippen LogP contribution >= 0.6 is 0 Å². The molecule has 0 bridgehead atoms. The molecule has 2 aromatic carbocycles. The van der Waals surface area contributed by atoms with Crippen molar-refractivity contribution in [1.82, 2.24) is 4.98 Å². The predicted molar refractivity (Wildman–Crippen MR) is 86.8 cm³/mol. The van der Waals surface area contributed by atoms with Gasteiger partial charge in [-0.1, -0.05) is 30.3 Å². The second kappa shape index (κ2) is 5.93. The van der Waals surface area contributed by atoms with Crippen LogP contribution in [0.4, 0.5) is 0 Å². The summed E-state index contributed by atoms with van der Waals surface area (Å²) < 4.78 is 16.3. The quantitative estimate of drug-likeness (QED) is 0.731. The van der Waals surface area contributed by atoms with E-state index in [0.717, 1.165) is 22.0 Å². The number of nitrogens with zero attached hydrogens (tertiary/aromatic N) is 1. The van der Waals surface area contributed by atoms with E-state index >= 15 is 0 Å². The van der Waals surface area contributed by atoms with Crippen molar-refractivity contribution < 1.29 is 14.2 Å². The first-order chi connectivity index (χ1) is 10.8. The number of benzene rings is 2. The standard InChI is InChI=1S/C18H17NO3/c1-20-16-10-15-14(17(21-2)18(16)22-3)9-13(11-19-15)12-7-5-4-6-8-12/h4-11H,1-3H3. The molecule has 0 N–H and O–H groups in total. The summed E-state index contributed by atoms with van der Waals surface area (Å²) in [5.74, 6) is 1.80. The molecule has 4 heteroatoms. The SMILES string of the molecule is COc1cc2ncc(-c3ccccc3)cc2c(OC)c1OC. The summed E-state index contributed by atoms with van der Waals surface area (Å²) in [7, 11) is 4.81. The molecule has 0 radical (unpaired) electrons. The number of aromatic nitrogens is 1. The summed E-state index contributed by atoms with van der Waals surface area (Å²) in [4.78, 5) is 4.53. The lowest BCUT2D eigenvalue weighted by Gasteiger charge is -2.15. The van der Waals surface area contributed by atoms with Crippen molar-refractivity contribution in [3.63, 3.8) is 0 Å². The average molecular weight is 295 g/mol. The van der Waals surface area contributed by atoms with Gasteiger partial charge in [0.2, 0.25) is 5.75 Å². The molecule has 3 rings (SSSR count). The molecule has 112 valence electrons. The molecule has 0 atom stereocenters. The summed E-state index contributed by atoms with van der Waals surface area (Å²) in [5.41, 5.74) is 2.93. The van der Waals surface area contributed by atoms with E-state index in [-0.39, 0.29) is 0 Å². The molecule has 0 spiro atoms. The number of hydrogen-bond donors (Lipinski definition) is 0. The summed E-state index contributed by atoms with van der Waals surface area (Å²) in [6.07, 6.45) is 1.85. The van der Waals surface area contributed by atoms with Crippen LogP contribution in [0.3, 0.4) is 0 Å². The van der Waals surface area contributed by atoms with E-state index in [2.05, 4.69) is 23.2 Å². The van der Waals surface area contributed by atoms with Gasteiger partial charge in [-0.05, 0) is 11.6 Å². The molecule has 22 heavy (non-hydrogen) atoms. The van der Waals surface area contributed by atoms with Gasteiger partial charge in [-0.25, -0.2) is 0 Å². The number of fused-ring (bicyclic) bond motifs is 1. The van der Waals surface area contributed by atoms with Gasteiger partial charge in [0.1, 0.15) is 0 Å². The topological polar surface area (TPSA) is 40.6 Å². The Morgan fingerprint density at radius 1 is 0.773 bits per heavy atom. The second-order valence-corrected chi connectivity index (χ2v) is 4.80. The Bertz CT molecular complexity index is 800. The minimum Gasteiger partial charge on any atom is -0.493 e. The summed E-state index contributed by atoms with van der Waals surface area (Å²) in [5, 5.41) is 0.890. The van der Waals surface area contributed by atoms with E-state index in [4.69, 9.17) is 14.2 Å². The van der Waals surface area contributed by atoms with Crippen molar-refractivity contribution in [1.29, 1.82) is 0 Å². The van der Waals surface area contributed by atoms with E-state index in [1.165, 1.54) is 0 Å². The third kappa shape index (κ3) is 2.33. The van der Waals surface area contributed by atoms with Crippen molar-refractivity contribution in [2.75, 3.05) is 21.3 Å². The smallest absolute Gasteiger partial charge is 0.204 e. The van der Waals surface area contributed by atoms with Gasteiger partial charge in [0.15, 0.2) is 11.5 Å². The highest BCUT2D eigenvalue weighted by Gasteiger charge is 2.17. The van der Waals surface area contributed by atoms with Crippen LogP contribution in [0.2, 0.25) is 0 Å². The zero-order valence-electron chi connectivity index (χ0n) is 12.8. The first kappa shape index (κ1) is 14.2. The monoisotopic (exact) mass is 295 g/mol. The van der Waals surface area contributed by atoms with Crippen molar-refractivity contribution in [3.8, 4) is 28.4 Å². The first-order valence-electron chi connectivity index (χ1n) is 6.92. The maximum atomic E-state index is 5.54. The summed E-state index contributed by atoms with van der Waals surface area (Å²) in [6.45, 7) is 0. The van der Waals surface area contributed by atoms with Gasteiger partial charge >= 0.3 is 0 Å². The van der Waals surface area contributed by atoms with Crippen LogP contribution in [0, 0.1) is 0 Å². The zero-order valence-corrected chi connectivity index (χ0v) is 12.8. The molecule has 3 aromatic rings. The fourth-order valence-corrected chi connectivity index (χ4v) is 2.53. The molecule has 0 aliphatic carbocycles. The minimum absolute atomic E-state index is 0.574. The van der Waals surface area contributed by atoms with Crippen molar-refractivity contribution in [2.45, 2.75) is 0 Å². The van der Waals surface area contributed by atoms with Gasteiger partial charge in [0, 0.05) is 23.2 Å². The molecule has 0 saturated heterocycles. The first-order valence-corrected chi connectivity index (χ1v) is 6.92. The van der Waals surface area contributed by atoms with Gasteiger partial charge in [-0.15, -0.1) is 0 Å². The van der Waals surface area contributed by atoms with Crippen LogP contribution < -0.4 is 14.2 Å². The van der Waals surface area contributed by atoms with Gasteiger partial charge < -0.3 is 14.2 Å². The van der Waals surface area contributed by atoms with Crippen LogP contribution in [-0.4, -0.2) is 26.3 Å². The zero-order chi connectivity index (χ0) is 15.5. The Morgan fingerprint density at radius 2 is 1.50 bits per heavy atom. The highest BCUT2D eigenvalue weighted by atomic mass is 16.5. The number of ether oxygens (including phenoxy) is 3. The molecule has 1 aromatic heterocycles. The van der Waals surface area contributed by atoms with E-state index in [1.807, 2.05) is 30.5 Å². The number of pyridine rings is 1. The fraction of sp³-hybridized carbons (Fsp3) is 0.167. The lowest BCUT2D eigenvalue weighted by Crippen LogP contribution is -1.97. The molecular weight excluding hydrogens is 278 g/mol. The molecule has 4 nitrogen and oxygen atoms in total. The molecule has 0 saturated carbocycles. The van der Waals surface area contributed by atoms with Crippen LogP contribution in [0.15, 0.2) is 48.7 Å². The normalized spacial score (nSPS) is 10.5. The summed E-state index contributed by atoms with van der Waals surface area (Å²) >= 11 is 0. The number of rotatable bonds is 4. The van der Waals surface area contributed by atoms with Crippen LogP contribution in [0.1, 0.15) is 0 Å². The Balaban J connectivity index is 2.27. The molecular formula is C18H17NO3. The van der Waals surface area contributed by atoms with E-state index in [1.54, 1.807) is 21.3 Å². The molecule has 1 heterocycles. The Hall–Kier alpha value is -2.75. The molecule has 0 amide bonds. The highest BCUT2D eigenvalue weighted by Crippen LogP contribution is 2.43. The van der Waals surface area contributed by atoms with Crippen molar-refractivity contribution in [3.05, 3.63) is 48.7 Å². The largest absolute Gasteiger partial charge is 0.493 e. The molecule has 0 unspecified atom stereocenters. The highest BCUT2D eigenvalue weighted by molar-refractivity contribution is 5.93. The molecule has 0 aliphatic heterocycles. The van der Waals surface area contributed by atoms with Gasteiger partial charge in [-0.3, -0.25) is 4.98 Å². The van der Waals surface area contributed by atoms with E-state index < -0.39 is 0 Å². The maximum Gasteiger partial charge on any atom is 0.204 e. The van der Waals surface area contributed by atoms with E-state index in [0.29, 0.717) is 17.2 Å². The van der Waals surface area contributed by atoms with Crippen LogP contribution in [-0.2, 0) is 0 Å². The third-order valence-electron chi connectivity index (χ3n) is 3.60. The van der Waals surface area contributed by atoms with Crippen molar-refractivity contribution >= 4 is 10.9 Å². The Labute approximate surface area is 129 Å². The molecule has 0 fully saturated rings. The number of methoxy groups -OCH3 is 3. The maximum absolute atomic E-state index is 5.54. The van der Waals surface area contributed by atoms with Gasteiger partial charge in [-0.2, -0.15) is 0 Å².